The summed E-state index contributed by atoms with van der Waals surface area (Å²) < 4.78 is 2.03. The van der Waals surface area contributed by atoms with Gasteiger partial charge in [-0.05, 0) is 21.5 Å². The topological polar surface area (TPSA) is 55.1 Å². The lowest BCUT2D eigenvalue weighted by Gasteiger charge is -2.10. The molecule has 5 heteroatoms. The third kappa shape index (κ3) is 2.30. The van der Waals surface area contributed by atoms with Crippen LogP contribution >= 0.6 is 15.9 Å². The van der Waals surface area contributed by atoms with E-state index in [0.717, 1.165) is 0 Å². The van der Waals surface area contributed by atoms with Gasteiger partial charge in [-0.25, -0.2) is 0 Å². The number of halogens is 1. The number of aryl methyl sites for hydroxylation is 1. The molecule has 1 atom stereocenters. The molecule has 1 N–H and O–H groups in total. The summed E-state index contributed by atoms with van der Waals surface area (Å²) in [4.78, 5) is 12.1. The second kappa shape index (κ2) is 4.81. The Hall–Kier alpha value is -1.46. The third-order valence-electron chi connectivity index (χ3n) is 2.49. The van der Waals surface area contributed by atoms with Crippen LogP contribution in [-0.2, 0) is 7.05 Å². The first-order valence-corrected chi connectivity index (χ1v) is 5.85. The van der Waals surface area contributed by atoms with Gasteiger partial charge < -0.3 is 5.11 Å². The van der Waals surface area contributed by atoms with Crippen molar-refractivity contribution in [1.29, 1.82) is 0 Å². The molecule has 0 aliphatic carbocycles. The summed E-state index contributed by atoms with van der Waals surface area (Å²) in [5.41, 5.74) is 0.937. The number of benzene rings is 1. The summed E-state index contributed by atoms with van der Waals surface area (Å²) in [6.07, 6.45) is 0.369. The van der Waals surface area contributed by atoms with Crippen LogP contribution < -0.4 is 0 Å². The number of carbonyl (C=O) groups is 1. The molecule has 2 aromatic rings. The Kier molecular flexibility index (Phi) is 3.40. The van der Waals surface area contributed by atoms with Gasteiger partial charge in [-0.2, -0.15) is 5.10 Å². The van der Waals surface area contributed by atoms with Crippen LogP contribution in [0.2, 0.25) is 0 Å². The molecule has 4 nitrogen and oxygen atoms in total. The highest BCUT2D eigenvalue weighted by Gasteiger charge is 2.24. The van der Waals surface area contributed by atoms with Crippen molar-refractivity contribution in [2.75, 3.05) is 0 Å². The van der Waals surface area contributed by atoms with Gasteiger partial charge in [-0.15, -0.1) is 0 Å². The van der Waals surface area contributed by atoms with E-state index >= 15 is 0 Å². The van der Waals surface area contributed by atoms with Gasteiger partial charge in [-0.1, -0.05) is 30.3 Å². The summed E-state index contributed by atoms with van der Waals surface area (Å²) in [5.74, 6) is -0.372. The molecule has 0 radical (unpaired) electrons. The second-order valence-electron chi connectivity index (χ2n) is 3.64. The minimum Gasteiger partial charge on any atom is -0.380 e. The normalized spacial score (nSPS) is 12.4. The molecule has 0 saturated heterocycles. The van der Waals surface area contributed by atoms with Crippen molar-refractivity contribution in [2.45, 2.75) is 6.10 Å². The van der Waals surface area contributed by atoms with Gasteiger partial charge in [0.1, 0.15) is 11.8 Å². The maximum atomic E-state index is 12.1. The number of Topliss-reactive ketones (excluding diaryl/α,β-unsaturated/α-hetero) is 1. The van der Waals surface area contributed by atoms with E-state index < -0.39 is 6.10 Å². The Labute approximate surface area is 107 Å². The SMILES string of the molecule is Cn1ncc(Br)c1C(=O)C(O)c1ccccc1. The minimum atomic E-state index is -1.16. The molecule has 0 aliphatic heterocycles. The van der Waals surface area contributed by atoms with Crippen LogP contribution in [-0.4, -0.2) is 20.7 Å². The van der Waals surface area contributed by atoms with E-state index in [1.807, 2.05) is 6.07 Å². The van der Waals surface area contributed by atoms with Crippen LogP contribution in [0.4, 0.5) is 0 Å². The van der Waals surface area contributed by atoms with Crippen LogP contribution in [0.3, 0.4) is 0 Å². The summed E-state index contributed by atoms with van der Waals surface area (Å²) in [6, 6.07) is 8.83. The number of rotatable bonds is 3. The standard InChI is InChI=1S/C12H11BrN2O2/c1-15-10(9(13)7-14-15)12(17)11(16)8-5-3-2-4-6-8/h2-7,11,16H,1H3. The fourth-order valence-corrected chi connectivity index (χ4v) is 2.15. The van der Waals surface area contributed by atoms with Crippen LogP contribution in [0.25, 0.3) is 0 Å². The lowest BCUT2D eigenvalue weighted by Crippen LogP contribution is -2.16. The first-order chi connectivity index (χ1) is 8.11. The highest BCUT2D eigenvalue weighted by molar-refractivity contribution is 9.10. The average Bonchev–Trinajstić information content (AvgIpc) is 2.68. The Morgan fingerprint density at radius 3 is 2.59 bits per heavy atom. The van der Waals surface area contributed by atoms with E-state index in [1.54, 1.807) is 31.3 Å². The molecule has 0 spiro atoms. The van der Waals surface area contributed by atoms with E-state index in [-0.39, 0.29) is 5.78 Å². The Balaban J connectivity index is 2.33. The molecular weight excluding hydrogens is 284 g/mol. The number of hydrogen-bond acceptors (Lipinski definition) is 3. The first kappa shape index (κ1) is 12.0. The molecule has 1 heterocycles. The zero-order valence-electron chi connectivity index (χ0n) is 9.17. The van der Waals surface area contributed by atoms with E-state index in [0.29, 0.717) is 15.7 Å². The van der Waals surface area contributed by atoms with Crippen molar-refractivity contribution in [2.24, 2.45) is 7.05 Å². The maximum absolute atomic E-state index is 12.1. The predicted molar refractivity (Wildman–Crippen MR) is 66.6 cm³/mol. The van der Waals surface area contributed by atoms with Crippen molar-refractivity contribution in [1.82, 2.24) is 9.78 Å². The maximum Gasteiger partial charge on any atom is 0.214 e. The molecule has 0 bridgehead atoms. The molecule has 2 rings (SSSR count). The third-order valence-corrected chi connectivity index (χ3v) is 3.07. The lowest BCUT2D eigenvalue weighted by atomic mass is 10.0. The van der Waals surface area contributed by atoms with Crippen LogP contribution in [0.1, 0.15) is 22.2 Å². The second-order valence-corrected chi connectivity index (χ2v) is 4.50. The highest BCUT2D eigenvalue weighted by atomic mass is 79.9. The fourth-order valence-electron chi connectivity index (χ4n) is 1.60. The molecule has 0 amide bonds. The molecular formula is C12H11BrN2O2. The number of hydrogen-bond donors (Lipinski definition) is 1. The Morgan fingerprint density at radius 1 is 1.41 bits per heavy atom. The van der Waals surface area contributed by atoms with Gasteiger partial charge in [0.15, 0.2) is 0 Å². The van der Waals surface area contributed by atoms with Crippen molar-refractivity contribution >= 4 is 21.7 Å². The molecule has 88 valence electrons. The van der Waals surface area contributed by atoms with Gasteiger partial charge >= 0.3 is 0 Å². The van der Waals surface area contributed by atoms with Crippen LogP contribution in [0.15, 0.2) is 41.0 Å². The number of nitrogens with zero attached hydrogens (tertiary/aromatic N) is 2. The van der Waals surface area contributed by atoms with E-state index in [1.165, 1.54) is 10.9 Å². The number of aliphatic hydroxyl groups is 1. The van der Waals surface area contributed by atoms with Crippen molar-refractivity contribution < 1.29 is 9.90 Å². The van der Waals surface area contributed by atoms with Gasteiger partial charge in [-0.3, -0.25) is 9.48 Å². The smallest absolute Gasteiger partial charge is 0.214 e. The van der Waals surface area contributed by atoms with Crippen molar-refractivity contribution in [3.63, 3.8) is 0 Å². The average molecular weight is 295 g/mol. The van der Waals surface area contributed by atoms with Crippen LogP contribution in [0, 0.1) is 0 Å². The molecule has 17 heavy (non-hydrogen) atoms. The first-order valence-electron chi connectivity index (χ1n) is 5.06. The van der Waals surface area contributed by atoms with E-state index in [2.05, 4.69) is 21.0 Å². The van der Waals surface area contributed by atoms with Gasteiger partial charge in [0.25, 0.3) is 0 Å². The Bertz CT molecular complexity index is 517. The fraction of sp³-hybridized carbons (Fsp3) is 0.167. The summed E-state index contributed by atoms with van der Waals surface area (Å²) in [6.45, 7) is 0. The zero-order chi connectivity index (χ0) is 12.4. The summed E-state index contributed by atoms with van der Waals surface area (Å²) in [5, 5.41) is 13.9. The number of carbonyl (C=O) groups excluding carboxylic acids is 1. The quantitative estimate of drug-likeness (QED) is 0.882. The number of ketones is 1. The van der Waals surface area contributed by atoms with Crippen LogP contribution in [0.5, 0.6) is 0 Å². The number of aliphatic hydroxyl groups excluding tert-OH is 1. The minimum absolute atomic E-state index is 0.362. The van der Waals surface area contributed by atoms with E-state index in [9.17, 15) is 9.90 Å². The lowest BCUT2D eigenvalue weighted by molar-refractivity contribution is 0.0736. The van der Waals surface area contributed by atoms with Gasteiger partial charge in [0.2, 0.25) is 5.78 Å². The molecule has 1 aromatic heterocycles. The predicted octanol–water partition coefficient (Wildman–Crippen LogP) is 2.10. The zero-order valence-corrected chi connectivity index (χ0v) is 10.8. The molecule has 0 saturated carbocycles. The monoisotopic (exact) mass is 294 g/mol. The molecule has 0 fully saturated rings. The molecule has 1 aromatic carbocycles. The largest absolute Gasteiger partial charge is 0.380 e. The highest BCUT2D eigenvalue weighted by Crippen LogP contribution is 2.23. The van der Waals surface area contributed by atoms with Gasteiger partial charge in [0.05, 0.1) is 10.7 Å². The van der Waals surface area contributed by atoms with Crippen molar-refractivity contribution in [3.8, 4) is 0 Å². The van der Waals surface area contributed by atoms with Crippen molar-refractivity contribution in [3.05, 3.63) is 52.3 Å². The summed E-state index contributed by atoms with van der Waals surface area (Å²) >= 11 is 3.24. The van der Waals surface area contributed by atoms with Gasteiger partial charge in [0, 0.05) is 7.05 Å². The Morgan fingerprint density at radius 2 is 2.06 bits per heavy atom. The summed E-state index contributed by atoms with van der Waals surface area (Å²) in [7, 11) is 1.66. The van der Waals surface area contributed by atoms with E-state index in [4.69, 9.17) is 0 Å². The molecule has 0 aliphatic rings. The number of aromatic nitrogens is 2. The molecule has 1 unspecified atom stereocenters.